The quantitative estimate of drug-likeness (QED) is 0.733. The van der Waals surface area contributed by atoms with Gasteiger partial charge in [0.1, 0.15) is 0 Å². The molecule has 2 aromatic rings. The fourth-order valence-electron chi connectivity index (χ4n) is 2.71. The molecule has 2 atom stereocenters. The highest BCUT2D eigenvalue weighted by atomic mass is 16.5. The number of aromatic hydroxyl groups is 2. The van der Waals surface area contributed by atoms with E-state index in [4.69, 9.17) is 10.5 Å². The predicted molar refractivity (Wildman–Crippen MR) is 75.5 cm³/mol. The minimum absolute atomic E-state index is 0.0646. The van der Waals surface area contributed by atoms with Crippen LogP contribution < -0.4 is 5.73 Å². The van der Waals surface area contributed by atoms with Crippen molar-refractivity contribution in [1.29, 1.82) is 0 Å². The molecule has 4 N–H and O–H groups in total. The lowest BCUT2D eigenvalue weighted by atomic mass is 9.90. The van der Waals surface area contributed by atoms with E-state index in [9.17, 15) is 10.2 Å². The monoisotopic (exact) mass is 271 g/mol. The van der Waals surface area contributed by atoms with Crippen molar-refractivity contribution in [2.45, 2.75) is 18.6 Å². The molecule has 0 saturated heterocycles. The van der Waals surface area contributed by atoms with Crippen LogP contribution in [0.3, 0.4) is 0 Å². The Hall–Kier alpha value is -2.04. The Balaban J connectivity index is 2.03. The smallest absolute Gasteiger partial charge is 0.161 e. The van der Waals surface area contributed by atoms with Crippen LogP contribution in [0.4, 0.5) is 0 Å². The zero-order chi connectivity index (χ0) is 14.1. The van der Waals surface area contributed by atoms with Crippen molar-refractivity contribution in [3.05, 3.63) is 59.2 Å². The van der Waals surface area contributed by atoms with E-state index in [0.29, 0.717) is 13.0 Å². The Bertz CT molecular complexity index is 613. The van der Waals surface area contributed by atoms with E-state index in [2.05, 4.69) is 0 Å². The molecule has 4 nitrogen and oxygen atoms in total. The van der Waals surface area contributed by atoms with Crippen LogP contribution in [-0.2, 0) is 11.2 Å². The topological polar surface area (TPSA) is 75.7 Å². The van der Waals surface area contributed by atoms with Gasteiger partial charge in [-0.05, 0) is 17.2 Å². The van der Waals surface area contributed by atoms with Gasteiger partial charge in [0.25, 0.3) is 0 Å². The molecule has 0 spiro atoms. The van der Waals surface area contributed by atoms with Crippen molar-refractivity contribution in [1.82, 2.24) is 0 Å². The summed E-state index contributed by atoms with van der Waals surface area (Å²) in [5, 5.41) is 19.7. The number of rotatable bonds is 2. The van der Waals surface area contributed by atoms with Gasteiger partial charge in [-0.25, -0.2) is 0 Å². The maximum atomic E-state index is 10.1. The molecule has 1 aliphatic heterocycles. The van der Waals surface area contributed by atoms with Crippen molar-refractivity contribution in [2.24, 2.45) is 5.73 Å². The molecule has 0 amide bonds. The van der Waals surface area contributed by atoms with Crippen LogP contribution in [0.1, 0.15) is 28.9 Å². The van der Waals surface area contributed by atoms with Gasteiger partial charge in [-0.3, -0.25) is 0 Å². The maximum absolute atomic E-state index is 10.1. The van der Waals surface area contributed by atoms with Crippen LogP contribution >= 0.6 is 0 Å². The Kier molecular flexibility index (Phi) is 3.34. The molecule has 0 fully saturated rings. The zero-order valence-corrected chi connectivity index (χ0v) is 11.0. The van der Waals surface area contributed by atoms with Gasteiger partial charge < -0.3 is 20.7 Å². The molecule has 0 saturated carbocycles. The molecule has 2 aromatic carbocycles. The highest BCUT2D eigenvalue weighted by Crippen LogP contribution is 2.43. The maximum Gasteiger partial charge on any atom is 0.161 e. The summed E-state index contributed by atoms with van der Waals surface area (Å²) in [6.45, 7) is 0.334. The molecule has 104 valence electrons. The second kappa shape index (κ2) is 5.15. The first-order valence-corrected chi connectivity index (χ1v) is 6.65. The fourth-order valence-corrected chi connectivity index (χ4v) is 2.71. The van der Waals surface area contributed by atoms with Gasteiger partial charge >= 0.3 is 0 Å². The number of nitrogens with two attached hydrogens (primary N) is 1. The summed E-state index contributed by atoms with van der Waals surface area (Å²) in [5.74, 6) is -0.168. The van der Waals surface area contributed by atoms with Gasteiger partial charge in [0.2, 0.25) is 0 Å². The van der Waals surface area contributed by atoms with Crippen molar-refractivity contribution in [3.63, 3.8) is 0 Å². The lowest BCUT2D eigenvalue weighted by Gasteiger charge is -2.32. The molecule has 1 aliphatic rings. The molecule has 0 aromatic heterocycles. The first-order chi connectivity index (χ1) is 9.70. The minimum Gasteiger partial charge on any atom is -0.504 e. The van der Waals surface area contributed by atoms with E-state index < -0.39 is 0 Å². The number of hydrogen-bond donors (Lipinski definition) is 3. The number of ether oxygens (including phenoxy) is 1. The third-order valence-corrected chi connectivity index (χ3v) is 3.75. The average Bonchev–Trinajstić information content (AvgIpc) is 2.51. The summed E-state index contributed by atoms with van der Waals surface area (Å²) in [7, 11) is 0. The Labute approximate surface area is 117 Å². The van der Waals surface area contributed by atoms with Gasteiger partial charge in [-0.2, -0.15) is 0 Å². The molecule has 0 aliphatic carbocycles. The summed E-state index contributed by atoms with van der Waals surface area (Å²) in [5.41, 5.74) is 8.40. The summed E-state index contributed by atoms with van der Waals surface area (Å²) in [4.78, 5) is 0. The molecule has 20 heavy (non-hydrogen) atoms. The average molecular weight is 271 g/mol. The molecule has 4 heteroatoms. The predicted octanol–water partition coefficient (Wildman–Crippen LogP) is 2.41. The van der Waals surface area contributed by atoms with Crippen LogP contribution in [0, 0.1) is 0 Å². The Morgan fingerprint density at radius 2 is 1.85 bits per heavy atom. The second-order valence-electron chi connectivity index (χ2n) is 4.96. The molecule has 0 radical (unpaired) electrons. The third-order valence-electron chi connectivity index (χ3n) is 3.75. The number of phenols is 2. The van der Waals surface area contributed by atoms with Gasteiger partial charge in [-0.1, -0.05) is 36.4 Å². The van der Waals surface area contributed by atoms with Crippen molar-refractivity contribution < 1.29 is 14.9 Å². The van der Waals surface area contributed by atoms with Crippen LogP contribution in [-0.4, -0.2) is 16.8 Å². The van der Waals surface area contributed by atoms with Crippen LogP contribution in [0.25, 0.3) is 0 Å². The zero-order valence-electron chi connectivity index (χ0n) is 11.0. The lowest BCUT2D eigenvalue weighted by molar-refractivity contribution is -0.0230. The summed E-state index contributed by atoms with van der Waals surface area (Å²) in [6.07, 6.45) is 0.0937. The second-order valence-corrected chi connectivity index (χ2v) is 4.96. The molecular formula is C16H17NO3. The Morgan fingerprint density at radius 1 is 1.10 bits per heavy atom. The number of benzene rings is 2. The van der Waals surface area contributed by atoms with E-state index in [0.717, 1.165) is 16.7 Å². The van der Waals surface area contributed by atoms with Crippen molar-refractivity contribution in [3.8, 4) is 11.5 Å². The van der Waals surface area contributed by atoms with E-state index in [1.54, 1.807) is 6.07 Å². The molecule has 1 heterocycles. The summed E-state index contributed by atoms with van der Waals surface area (Å²) < 4.78 is 6.03. The SMILES string of the molecule is NCC1O[C@H](c2ccccc2)Cc2c1ccc(O)c2O. The molecular weight excluding hydrogens is 254 g/mol. The van der Waals surface area contributed by atoms with Crippen LogP contribution in [0.2, 0.25) is 0 Å². The van der Waals surface area contributed by atoms with E-state index >= 15 is 0 Å². The molecule has 3 rings (SSSR count). The fraction of sp³-hybridized carbons (Fsp3) is 0.250. The molecule has 1 unspecified atom stereocenters. The van der Waals surface area contributed by atoms with E-state index in [-0.39, 0.29) is 23.7 Å². The van der Waals surface area contributed by atoms with Crippen molar-refractivity contribution in [2.75, 3.05) is 6.54 Å². The standard InChI is InChI=1S/C16H17NO3/c17-9-15-11-6-7-13(18)16(19)12(11)8-14(20-15)10-4-2-1-3-5-10/h1-7,14-15,18-19H,8-9,17H2/t14-,15?/m0/s1. The minimum atomic E-state index is -0.268. The lowest BCUT2D eigenvalue weighted by Crippen LogP contribution is -2.25. The summed E-state index contributed by atoms with van der Waals surface area (Å²) >= 11 is 0. The first kappa shape index (κ1) is 13.0. The van der Waals surface area contributed by atoms with Gasteiger partial charge in [0.05, 0.1) is 12.2 Å². The number of hydrogen-bond acceptors (Lipinski definition) is 4. The number of fused-ring (bicyclic) bond motifs is 1. The first-order valence-electron chi connectivity index (χ1n) is 6.65. The van der Waals surface area contributed by atoms with E-state index in [1.807, 2.05) is 30.3 Å². The highest BCUT2D eigenvalue weighted by Gasteiger charge is 2.30. The Morgan fingerprint density at radius 3 is 2.55 bits per heavy atom. The largest absolute Gasteiger partial charge is 0.504 e. The van der Waals surface area contributed by atoms with Crippen molar-refractivity contribution >= 4 is 0 Å². The van der Waals surface area contributed by atoms with E-state index in [1.165, 1.54) is 6.07 Å². The van der Waals surface area contributed by atoms with Gasteiger partial charge in [0, 0.05) is 18.5 Å². The van der Waals surface area contributed by atoms with Gasteiger partial charge in [-0.15, -0.1) is 0 Å². The summed E-state index contributed by atoms with van der Waals surface area (Å²) in [6, 6.07) is 13.1. The van der Waals surface area contributed by atoms with Crippen LogP contribution in [0.5, 0.6) is 11.5 Å². The van der Waals surface area contributed by atoms with Crippen LogP contribution in [0.15, 0.2) is 42.5 Å². The normalized spacial score (nSPS) is 21.4. The molecule has 0 bridgehead atoms. The van der Waals surface area contributed by atoms with Gasteiger partial charge in [0.15, 0.2) is 11.5 Å². The third kappa shape index (κ3) is 2.13. The highest BCUT2D eigenvalue weighted by molar-refractivity contribution is 5.51. The number of phenolic OH excluding ortho intramolecular Hbond substituents is 2.